The van der Waals surface area contributed by atoms with E-state index in [4.69, 9.17) is 0 Å². The molecular weight excluding hydrogens is 229 g/mol. The van der Waals surface area contributed by atoms with Gasteiger partial charge in [0.25, 0.3) is 0 Å². The van der Waals surface area contributed by atoms with Crippen LogP contribution in [0.3, 0.4) is 0 Å². The number of pyridine rings is 1. The Hall–Kier alpha value is -0.360. The fraction of sp³-hybridized carbons (Fsp3) is 0. The maximum atomic E-state index is 3.99. The van der Waals surface area contributed by atoms with Gasteiger partial charge in [0, 0.05) is 29.1 Å². The zero-order valence-electron chi connectivity index (χ0n) is 4.63. The van der Waals surface area contributed by atoms with Crippen LogP contribution in [0.15, 0.2) is 24.4 Å². The summed E-state index contributed by atoms with van der Waals surface area (Å²) in [5.41, 5.74) is 2.83. The number of nitrogens with zero attached hydrogens (tertiary/aromatic N) is 1. The van der Waals surface area contributed by atoms with Crippen LogP contribution in [0, 0.1) is 0 Å². The number of anilines is 1. The van der Waals surface area contributed by atoms with Crippen LogP contribution in [0.5, 0.6) is 0 Å². The molecule has 0 amide bonds. The van der Waals surface area contributed by atoms with E-state index in [1.54, 1.807) is 6.20 Å². The molecule has 48 valence electrons. The molecule has 1 rings (SSSR count). The van der Waals surface area contributed by atoms with E-state index in [2.05, 4.69) is 14.0 Å². The molecule has 4 heteroatoms. The third-order valence-corrected chi connectivity index (χ3v) is 1.11. The predicted molar refractivity (Wildman–Crippen MR) is 45.0 cm³/mol. The Morgan fingerprint density at radius 3 is 2.89 bits per heavy atom. The number of halogens is 1. The minimum atomic E-state index is 0.826. The van der Waals surface area contributed by atoms with Crippen molar-refractivity contribution in [3.05, 3.63) is 24.4 Å². The third kappa shape index (κ3) is 2.15. The highest BCUT2D eigenvalue weighted by atomic mass is 127. The van der Waals surface area contributed by atoms with Crippen LogP contribution in [0.25, 0.3) is 0 Å². The van der Waals surface area contributed by atoms with Crippen molar-refractivity contribution < 1.29 is 0 Å². The highest BCUT2D eigenvalue weighted by molar-refractivity contribution is 14.1. The van der Waals surface area contributed by atoms with Crippen molar-refractivity contribution in [1.82, 2.24) is 8.62 Å². The molecule has 0 atom stereocenters. The highest BCUT2D eigenvalue weighted by Gasteiger charge is 1.83. The first-order chi connectivity index (χ1) is 4.43. The van der Waals surface area contributed by atoms with Crippen LogP contribution in [0.2, 0.25) is 0 Å². The van der Waals surface area contributed by atoms with Crippen molar-refractivity contribution in [2.24, 2.45) is 0 Å². The average Bonchev–Trinajstić information content (AvgIpc) is 1.91. The molecule has 9 heavy (non-hydrogen) atoms. The molecule has 0 fully saturated rings. The smallest absolute Gasteiger partial charge is 0.140 e. The Bertz CT molecular complexity index is 165. The summed E-state index contributed by atoms with van der Waals surface area (Å²) in [4.78, 5) is 3.99. The van der Waals surface area contributed by atoms with Gasteiger partial charge in [-0.15, -0.1) is 0 Å². The summed E-state index contributed by atoms with van der Waals surface area (Å²) in [5.74, 6) is 0.826. The molecule has 1 heterocycles. The van der Waals surface area contributed by atoms with Crippen LogP contribution in [0.1, 0.15) is 0 Å². The van der Waals surface area contributed by atoms with Gasteiger partial charge in [-0.2, -0.15) is 3.64 Å². The fourth-order valence-corrected chi connectivity index (χ4v) is 0.761. The molecule has 2 N–H and O–H groups in total. The van der Waals surface area contributed by atoms with Gasteiger partial charge < -0.3 is 0 Å². The molecule has 0 aromatic carbocycles. The zero-order valence-corrected chi connectivity index (χ0v) is 6.79. The summed E-state index contributed by atoms with van der Waals surface area (Å²) < 4.78 is 2.74. The van der Waals surface area contributed by atoms with Crippen molar-refractivity contribution in [2.45, 2.75) is 0 Å². The molecule has 0 aliphatic carbocycles. The highest BCUT2D eigenvalue weighted by Crippen LogP contribution is 1.96. The lowest BCUT2D eigenvalue weighted by Crippen LogP contribution is -2.08. The SMILES string of the molecule is INNc1ccccn1. The second-order valence-electron chi connectivity index (χ2n) is 1.43. The van der Waals surface area contributed by atoms with E-state index in [0.717, 1.165) is 5.82 Å². The van der Waals surface area contributed by atoms with Gasteiger partial charge in [0.1, 0.15) is 5.82 Å². The minimum Gasteiger partial charge on any atom is -0.297 e. The van der Waals surface area contributed by atoms with E-state index in [-0.39, 0.29) is 0 Å². The summed E-state index contributed by atoms with van der Waals surface area (Å²) in [5, 5.41) is 0. The topological polar surface area (TPSA) is 37.0 Å². The van der Waals surface area contributed by atoms with E-state index in [1.165, 1.54) is 0 Å². The molecule has 0 aliphatic heterocycles. The zero-order chi connectivity index (χ0) is 6.53. The molecule has 0 radical (unpaired) electrons. The van der Waals surface area contributed by atoms with Gasteiger partial charge in [-0.05, 0) is 12.1 Å². The van der Waals surface area contributed by atoms with Gasteiger partial charge in [-0.25, -0.2) is 4.98 Å². The van der Waals surface area contributed by atoms with Crippen molar-refractivity contribution in [2.75, 3.05) is 5.43 Å². The van der Waals surface area contributed by atoms with E-state index >= 15 is 0 Å². The van der Waals surface area contributed by atoms with Crippen LogP contribution >= 0.6 is 22.9 Å². The summed E-state index contributed by atoms with van der Waals surface area (Å²) >= 11 is 1.99. The molecule has 0 spiro atoms. The second-order valence-corrected chi connectivity index (χ2v) is 1.97. The number of nitrogens with one attached hydrogen (secondary N) is 2. The summed E-state index contributed by atoms with van der Waals surface area (Å²) in [6.45, 7) is 0. The first kappa shape index (κ1) is 6.76. The van der Waals surface area contributed by atoms with Gasteiger partial charge in [0.2, 0.25) is 0 Å². The maximum Gasteiger partial charge on any atom is 0.140 e. The first-order valence-corrected chi connectivity index (χ1v) is 3.54. The Kier molecular flexibility index (Phi) is 2.72. The molecule has 0 saturated carbocycles. The number of aromatic nitrogens is 1. The van der Waals surface area contributed by atoms with Crippen molar-refractivity contribution in [3.63, 3.8) is 0 Å². The van der Waals surface area contributed by atoms with Crippen LogP contribution in [-0.4, -0.2) is 4.98 Å². The van der Waals surface area contributed by atoms with Crippen LogP contribution in [0.4, 0.5) is 5.82 Å². The maximum absolute atomic E-state index is 3.99. The Balaban J connectivity index is 2.61. The molecule has 0 saturated heterocycles. The van der Waals surface area contributed by atoms with Gasteiger partial charge in [-0.1, -0.05) is 6.07 Å². The quantitative estimate of drug-likeness (QED) is 0.461. The lowest BCUT2D eigenvalue weighted by atomic mass is 10.5. The standard InChI is InChI=1S/C5H6IN3/c6-9-8-5-3-1-2-4-7-5/h1-4,9H,(H,7,8). The van der Waals surface area contributed by atoms with Crippen molar-refractivity contribution in [3.8, 4) is 0 Å². The summed E-state index contributed by atoms with van der Waals surface area (Å²) in [7, 11) is 0. The van der Waals surface area contributed by atoms with Gasteiger partial charge in [0.05, 0.1) is 0 Å². The van der Waals surface area contributed by atoms with E-state index in [0.29, 0.717) is 0 Å². The molecule has 1 aromatic heterocycles. The molecular formula is C5H6IN3. The molecule has 0 unspecified atom stereocenters. The summed E-state index contributed by atoms with van der Waals surface area (Å²) in [6.07, 6.45) is 1.73. The molecule has 1 aromatic rings. The molecule has 0 aliphatic rings. The minimum absolute atomic E-state index is 0.826. The monoisotopic (exact) mass is 235 g/mol. The predicted octanol–water partition coefficient (Wildman–Crippen LogP) is 1.35. The van der Waals surface area contributed by atoms with Crippen molar-refractivity contribution in [1.29, 1.82) is 0 Å². The second kappa shape index (κ2) is 3.62. The van der Waals surface area contributed by atoms with Gasteiger partial charge in [0.15, 0.2) is 0 Å². The fourth-order valence-electron chi connectivity index (χ4n) is 0.485. The van der Waals surface area contributed by atoms with Gasteiger partial charge in [-0.3, -0.25) is 5.43 Å². The van der Waals surface area contributed by atoms with Crippen LogP contribution < -0.4 is 9.06 Å². The molecule has 0 bridgehead atoms. The van der Waals surface area contributed by atoms with Crippen molar-refractivity contribution >= 4 is 28.7 Å². The number of rotatable bonds is 2. The number of hydrogen-bond donors (Lipinski definition) is 2. The van der Waals surface area contributed by atoms with E-state index in [1.807, 2.05) is 41.1 Å². The summed E-state index contributed by atoms with van der Waals surface area (Å²) in [6, 6.07) is 5.67. The third-order valence-electron chi connectivity index (χ3n) is 0.840. The lowest BCUT2D eigenvalue weighted by molar-refractivity contribution is 1.19. The van der Waals surface area contributed by atoms with Gasteiger partial charge >= 0.3 is 0 Å². The molecule has 3 nitrogen and oxygen atoms in total. The van der Waals surface area contributed by atoms with Crippen LogP contribution in [-0.2, 0) is 0 Å². The van der Waals surface area contributed by atoms with E-state index < -0.39 is 0 Å². The normalized spacial score (nSPS) is 9.00. The first-order valence-electron chi connectivity index (χ1n) is 2.46. The average molecular weight is 235 g/mol. The van der Waals surface area contributed by atoms with E-state index in [9.17, 15) is 0 Å². The Labute approximate surface area is 67.3 Å². The lowest BCUT2D eigenvalue weighted by Gasteiger charge is -1.97. The Morgan fingerprint density at radius 2 is 2.33 bits per heavy atom. The Morgan fingerprint density at radius 1 is 1.44 bits per heavy atom. The largest absolute Gasteiger partial charge is 0.297 e. The number of hydrazine groups is 1. The number of hydrogen-bond acceptors (Lipinski definition) is 3.